The minimum absolute atomic E-state index is 0.199. The van der Waals surface area contributed by atoms with Gasteiger partial charge in [-0.3, -0.25) is 4.79 Å². The first-order valence-electron chi connectivity index (χ1n) is 8.05. The molecule has 1 aromatic carbocycles. The van der Waals surface area contributed by atoms with E-state index in [0.29, 0.717) is 11.2 Å². The molecule has 1 N–H and O–H groups in total. The molecule has 24 heavy (non-hydrogen) atoms. The lowest BCUT2D eigenvalue weighted by atomic mass is 9.88. The number of hydrogen-bond donors (Lipinski definition) is 1. The zero-order valence-electron chi connectivity index (χ0n) is 13.1. The van der Waals surface area contributed by atoms with E-state index < -0.39 is 5.54 Å². The lowest BCUT2D eigenvalue weighted by molar-refractivity contribution is 0.0899. The second-order valence-corrected chi connectivity index (χ2v) is 6.20. The summed E-state index contributed by atoms with van der Waals surface area (Å²) in [5.74, 6) is -0.472. The first-order chi connectivity index (χ1) is 11.7. The van der Waals surface area contributed by atoms with E-state index >= 15 is 0 Å². The minimum Gasteiger partial charge on any atom is -0.342 e. The van der Waals surface area contributed by atoms with Crippen molar-refractivity contribution in [1.29, 1.82) is 0 Å². The van der Waals surface area contributed by atoms with Crippen molar-refractivity contribution in [3.05, 3.63) is 65.9 Å². The van der Waals surface area contributed by atoms with Gasteiger partial charge in [0.05, 0.1) is 11.7 Å². The topological polar surface area (TPSA) is 59.3 Å². The molecule has 1 aliphatic carbocycles. The molecule has 1 saturated carbocycles. The zero-order chi connectivity index (χ0) is 16.6. The maximum atomic E-state index is 13.3. The number of nitrogens with zero attached hydrogens (tertiary/aromatic N) is 3. The van der Waals surface area contributed by atoms with Crippen molar-refractivity contribution in [2.45, 2.75) is 31.2 Å². The van der Waals surface area contributed by atoms with E-state index in [4.69, 9.17) is 0 Å². The summed E-state index contributed by atoms with van der Waals surface area (Å²) in [5, 5.41) is 7.33. The number of carbonyl (C=O) groups is 1. The third kappa shape index (κ3) is 2.44. The van der Waals surface area contributed by atoms with Crippen molar-refractivity contribution in [2.75, 3.05) is 0 Å². The number of aromatic nitrogens is 3. The molecule has 4 rings (SSSR count). The van der Waals surface area contributed by atoms with Gasteiger partial charge in [0.1, 0.15) is 11.4 Å². The van der Waals surface area contributed by atoms with E-state index in [1.54, 1.807) is 35.1 Å². The Balaban J connectivity index is 1.68. The Morgan fingerprint density at radius 1 is 1.21 bits per heavy atom. The fraction of sp³-hybridized carbons (Fsp3) is 0.278. The molecule has 0 aliphatic heterocycles. The third-order valence-electron chi connectivity index (χ3n) is 4.73. The van der Waals surface area contributed by atoms with Gasteiger partial charge in [0.2, 0.25) is 0 Å². The highest BCUT2D eigenvalue weighted by atomic mass is 19.1. The van der Waals surface area contributed by atoms with Crippen LogP contribution in [0, 0.1) is 5.82 Å². The largest absolute Gasteiger partial charge is 0.342 e. The molecular formula is C18H17FN4O. The highest BCUT2D eigenvalue weighted by Crippen LogP contribution is 2.39. The predicted octanol–water partition coefficient (Wildman–Crippen LogP) is 3.07. The summed E-state index contributed by atoms with van der Waals surface area (Å²) in [7, 11) is 0. The molecule has 1 aliphatic rings. The molecule has 3 aromatic rings. The van der Waals surface area contributed by atoms with Crippen molar-refractivity contribution < 1.29 is 9.18 Å². The molecule has 1 amide bonds. The summed E-state index contributed by atoms with van der Waals surface area (Å²) < 4.78 is 14.8. The van der Waals surface area contributed by atoms with Crippen LogP contribution in [0.1, 0.15) is 41.6 Å². The lowest BCUT2D eigenvalue weighted by Crippen LogP contribution is -2.43. The van der Waals surface area contributed by atoms with Gasteiger partial charge in [-0.1, -0.05) is 25.0 Å². The predicted molar refractivity (Wildman–Crippen MR) is 87.0 cm³/mol. The van der Waals surface area contributed by atoms with Crippen LogP contribution in [0.4, 0.5) is 4.39 Å². The van der Waals surface area contributed by atoms with Crippen LogP contribution >= 0.6 is 0 Å². The Hall–Kier alpha value is -2.76. The van der Waals surface area contributed by atoms with Crippen LogP contribution in [0.15, 0.2) is 48.9 Å². The molecule has 0 unspecified atom stereocenters. The van der Waals surface area contributed by atoms with E-state index in [9.17, 15) is 9.18 Å². The van der Waals surface area contributed by atoms with Crippen LogP contribution in [-0.2, 0) is 5.54 Å². The average Bonchev–Trinajstić information content (AvgIpc) is 3.23. The summed E-state index contributed by atoms with van der Waals surface area (Å²) in [6, 6.07) is 8.17. The van der Waals surface area contributed by atoms with Crippen molar-refractivity contribution in [2.24, 2.45) is 0 Å². The molecule has 0 bridgehead atoms. The number of fused-ring (bicyclic) bond motifs is 1. The van der Waals surface area contributed by atoms with Crippen molar-refractivity contribution in [1.82, 2.24) is 19.9 Å². The molecule has 0 radical (unpaired) electrons. The van der Waals surface area contributed by atoms with Gasteiger partial charge in [-0.05, 0) is 36.6 Å². The smallest absolute Gasteiger partial charge is 0.257 e. The van der Waals surface area contributed by atoms with E-state index in [2.05, 4.69) is 15.4 Å². The first kappa shape index (κ1) is 14.8. The Kier molecular flexibility index (Phi) is 3.52. The van der Waals surface area contributed by atoms with Crippen LogP contribution in [0.3, 0.4) is 0 Å². The number of nitrogens with one attached hydrogen (secondary N) is 1. The van der Waals surface area contributed by atoms with Gasteiger partial charge in [0.15, 0.2) is 5.65 Å². The Labute approximate surface area is 138 Å². The maximum absolute atomic E-state index is 13.3. The van der Waals surface area contributed by atoms with Crippen LogP contribution in [0.5, 0.6) is 0 Å². The molecule has 122 valence electrons. The minimum atomic E-state index is -0.451. The summed E-state index contributed by atoms with van der Waals surface area (Å²) in [4.78, 5) is 17.1. The number of rotatable bonds is 3. The lowest BCUT2D eigenvalue weighted by Gasteiger charge is -2.31. The van der Waals surface area contributed by atoms with Crippen molar-refractivity contribution in [3.8, 4) is 0 Å². The van der Waals surface area contributed by atoms with Gasteiger partial charge in [-0.15, -0.1) is 0 Å². The molecule has 0 atom stereocenters. The molecule has 2 aromatic heterocycles. The fourth-order valence-corrected chi connectivity index (χ4v) is 3.51. The summed E-state index contributed by atoms with van der Waals surface area (Å²) in [5.41, 5.74) is 1.47. The number of benzene rings is 1. The molecule has 5 nitrogen and oxygen atoms in total. The molecule has 0 saturated heterocycles. The van der Waals surface area contributed by atoms with Gasteiger partial charge in [0.25, 0.3) is 5.91 Å². The Morgan fingerprint density at radius 3 is 2.71 bits per heavy atom. The van der Waals surface area contributed by atoms with Gasteiger partial charge >= 0.3 is 0 Å². The number of hydrogen-bond acceptors (Lipinski definition) is 3. The average molecular weight is 324 g/mol. The quantitative estimate of drug-likeness (QED) is 0.805. The maximum Gasteiger partial charge on any atom is 0.257 e. The van der Waals surface area contributed by atoms with Gasteiger partial charge in [-0.25, -0.2) is 13.9 Å². The van der Waals surface area contributed by atoms with E-state index in [1.165, 1.54) is 18.3 Å². The fourth-order valence-electron chi connectivity index (χ4n) is 3.51. The van der Waals surface area contributed by atoms with E-state index in [-0.39, 0.29) is 11.7 Å². The van der Waals surface area contributed by atoms with Crippen LogP contribution < -0.4 is 5.32 Å². The second-order valence-electron chi connectivity index (χ2n) is 6.20. The standard InChI is InChI=1S/C18H17FN4O/c19-14-6-4-13(5-7-14)18(8-1-2-9-18)22-17(24)15-12-21-23-11-3-10-20-16(15)23/h3-7,10-12H,1-2,8-9H2,(H,22,24). The van der Waals surface area contributed by atoms with Crippen LogP contribution in [0.2, 0.25) is 0 Å². The molecule has 0 spiro atoms. The van der Waals surface area contributed by atoms with Crippen molar-refractivity contribution in [3.63, 3.8) is 0 Å². The Bertz CT molecular complexity index is 881. The van der Waals surface area contributed by atoms with E-state index in [0.717, 1.165) is 31.2 Å². The molecule has 1 fully saturated rings. The van der Waals surface area contributed by atoms with Crippen molar-refractivity contribution >= 4 is 11.6 Å². The number of amides is 1. The summed E-state index contributed by atoms with van der Waals surface area (Å²) in [6.45, 7) is 0. The normalized spacial score (nSPS) is 16.4. The SMILES string of the molecule is O=C(NC1(c2ccc(F)cc2)CCCC1)c1cnn2cccnc12. The summed E-state index contributed by atoms with van der Waals surface area (Å²) >= 11 is 0. The zero-order valence-corrected chi connectivity index (χ0v) is 13.1. The van der Waals surface area contributed by atoms with Crippen LogP contribution in [-0.4, -0.2) is 20.5 Å². The highest BCUT2D eigenvalue weighted by molar-refractivity contribution is 6.00. The van der Waals surface area contributed by atoms with E-state index in [1.807, 2.05) is 0 Å². The first-order valence-corrected chi connectivity index (χ1v) is 8.05. The van der Waals surface area contributed by atoms with Crippen LogP contribution in [0.25, 0.3) is 5.65 Å². The Morgan fingerprint density at radius 2 is 1.96 bits per heavy atom. The summed E-state index contributed by atoms with van der Waals surface area (Å²) in [6.07, 6.45) is 8.68. The monoisotopic (exact) mass is 324 g/mol. The van der Waals surface area contributed by atoms with Gasteiger partial charge < -0.3 is 5.32 Å². The molecule has 2 heterocycles. The van der Waals surface area contributed by atoms with Gasteiger partial charge in [0, 0.05) is 12.4 Å². The highest BCUT2D eigenvalue weighted by Gasteiger charge is 2.37. The molecular weight excluding hydrogens is 307 g/mol. The second kappa shape index (κ2) is 5.70. The third-order valence-corrected chi connectivity index (χ3v) is 4.73. The molecule has 6 heteroatoms. The number of halogens is 1. The van der Waals surface area contributed by atoms with Gasteiger partial charge in [-0.2, -0.15) is 5.10 Å². The number of carbonyl (C=O) groups excluding carboxylic acids is 1.